The normalized spacial score (nSPS) is 11.6. The number of primary amides is 3. The summed E-state index contributed by atoms with van der Waals surface area (Å²) in [7, 11) is 0. The van der Waals surface area contributed by atoms with Crippen LogP contribution in [0.2, 0.25) is 0 Å². The zero-order chi connectivity index (χ0) is 32.7. The van der Waals surface area contributed by atoms with Gasteiger partial charge < -0.3 is 32.6 Å². The molecule has 14 heteroatoms. The van der Waals surface area contributed by atoms with E-state index in [-0.39, 0.29) is 62.0 Å². The van der Waals surface area contributed by atoms with Crippen molar-refractivity contribution < 1.29 is 38.3 Å². The van der Waals surface area contributed by atoms with Crippen LogP contribution in [0, 0.1) is 11.8 Å². The van der Waals surface area contributed by atoms with Gasteiger partial charge in [0.15, 0.2) is 0 Å². The number of nitrogens with one attached hydrogen (secondary N) is 2. The molecule has 0 unspecified atom stereocenters. The summed E-state index contributed by atoms with van der Waals surface area (Å²) < 4.78 is 5.15. The Morgan fingerprint density at radius 1 is 1.00 bits per heavy atom. The van der Waals surface area contributed by atoms with E-state index < -0.39 is 11.9 Å². The van der Waals surface area contributed by atoms with E-state index in [4.69, 9.17) is 21.0 Å². The van der Waals surface area contributed by atoms with Gasteiger partial charge in [-0.3, -0.25) is 33.7 Å². The lowest BCUT2D eigenvalue weighted by Crippen LogP contribution is -2.37. The molecule has 1 heterocycles. The molecule has 7 amide bonds. The van der Waals surface area contributed by atoms with Crippen molar-refractivity contribution in [3.8, 4) is 0 Å². The van der Waals surface area contributed by atoms with E-state index in [0.717, 1.165) is 29.0 Å². The number of carbonyl (C=O) groups is 7. The van der Waals surface area contributed by atoms with Crippen molar-refractivity contribution in [3.05, 3.63) is 29.8 Å². The highest BCUT2D eigenvalue weighted by atomic mass is 16.5. The molecule has 0 radical (unpaired) electrons. The molecule has 2 rings (SSSR count). The zero-order valence-corrected chi connectivity index (χ0v) is 25.1. The maximum absolute atomic E-state index is 11.7. The van der Waals surface area contributed by atoms with Crippen LogP contribution >= 0.6 is 0 Å². The van der Waals surface area contributed by atoms with Crippen molar-refractivity contribution in [2.24, 2.45) is 29.0 Å². The molecule has 236 valence electrons. The van der Waals surface area contributed by atoms with Crippen molar-refractivity contribution in [1.29, 1.82) is 0 Å². The Balaban J connectivity index is 0. The number of nitrogens with two attached hydrogens (primary N) is 3. The third kappa shape index (κ3) is 21.3. The number of benzene rings is 1. The first-order valence-electron chi connectivity index (χ1n) is 13.5. The number of anilines is 1. The highest BCUT2D eigenvalue weighted by Gasteiger charge is 2.29. The minimum absolute atomic E-state index is 0.0303. The lowest BCUT2D eigenvalue weighted by molar-refractivity contribution is -0.148. The fourth-order valence-electron chi connectivity index (χ4n) is 2.85. The molecule has 1 saturated heterocycles. The van der Waals surface area contributed by atoms with E-state index in [1.807, 2.05) is 31.2 Å². The largest absolute Gasteiger partial charge is 0.461 e. The number of imide groups is 1. The number of hydrogen-bond donors (Lipinski definition) is 5. The quantitative estimate of drug-likeness (QED) is 0.143. The molecule has 0 aliphatic carbocycles. The first-order chi connectivity index (χ1) is 19.7. The van der Waals surface area contributed by atoms with Crippen molar-refractivity contribution in [2.75, 3.05) is 18.4 Å². The van der Waals surface area contributed by atoms with E-state index in [1.165, 1.54) is 0 Å². The predicted molar refractivity (Wildman–Crippen MR) is 157 cm³/mol. The summed E-state index contributed by atoms with van der Waals surface area (Å²) in [6, 6.07) is 6.91. The molecule has 0 aromatic heterocycles. The van der Waals surface area contributed by atoms with Gasteiger partial charge in [-0.15, -0.1) is 0 Å². The summed E-state index contributed by atoms with van der Waals surface area (Å²) in [5, 5.41) is 5.29. The predicted octanol–water partition coefficient (Wildman–Crippen LogP) is 1.55. The van der Waals surface area contributed by atoms with Crippen LogP contribution in [-0.2, 0) is 40.1 Å². The number of nitrogens with zero attached hydrogens (tertiary/aromatic N) is 1. The number of urea groups is 1. The van der Waals surface area contributed by atoms with Crippen LogP contribution in [0.3, 0.4) is 0 Å². The van der Waals surface area contributed by atoms with Crippen molar-refractivity contribution in [1.82, 2.24) is 10.2 Å². The summed E-state index contributed by atoms with van der Waals surface area (Å²) in [4.78, 5) is 74.4. The smallest absolute Gasteiger partial charge is 0.312 e. The Morgan fingerprint density at radius 2 is 1.52 bits per heavy atom. The Bertz CT molecular complexity index is 996. The van der Waals surface area contributed by atoms with Crippen molar-refractivity contribution in [3.63, 3.8) is 0 Å². The van der Waals surface area contributed by atoms with E-state index in [0.29, 0.717) is 18.9 Å². The van der Waals surface area contributed by atoms with Crippen molar-refractivity contribution in [2.45, 2.75) is 73.3 Å². The topological polar surface area (TPSA) is 234 Å². The lowest BCUT2D eigenvalue weighted by Gasteiger charge is -2.09. The van der Waals surface area contributed by atoms with Gasteiger partial charge in [-0.1, -0.05) is 46.8 Å². The summed E-state index contributed by atoms with van der Waals surface area (Å²) >= 11 is 0. The van der Waals surface area contributed by atoms with E-state index in [9.17, 15) is 28.8 Å². The molecule has 0 bridgehead atoms. The van der Waals surface area contributed by atoms with Crippen LogP contribution in [0.5, 0.6) is 0 Å². The first-order valence-corrected chi connectivity index (χ1v) is 13.5. The molecule has 1 aliphatic heterocycles. The molecule has 0 atom stereocenters. The summed E-state index contributed by atoms with van der Waals surface area (Å²) in [5.74, 6) is -1.06. The summed E-state index contributed by atoms with van der Waals surface area (Å²) in [5.41, 5.74) is 15.4. The van der Waals surface area contributed by atoms with E-state index in [1.54, 1.807) is 13.8 Å². The minimum Gasteiger partial charge on any atom is -0.461 e. The number of carbonyl (C=O) groups excluding carboxylic acids is 7. The zero-order valence-electron chi connectivity index (χ0n) is 25.1. The summed E-state index contributed by atoms with van der Waals surface area (Å²) in [6.07, 6.45) is 3.00. The average molecular weight is 595 g/mol. The number of ether oxygens (including phenoxy) is 1. The van der Waals surface area contributed by atoms with Crippen molar-refractivity contribution >= 4 is 47.7 Å². The third-order valence-corrected chi connectivity index (χ3v) is 5.06. The lowest BCUT2D eigenvalue weighted by atomic mass is 10.1. The fourth-order valence-corrected chi connectivity index (χ4v) is 2.85. The van der Waals surface area contributed by atoms with Gasteiger partial charge in [0.1, 0.15) is 13.2 Å². The van der Waals surface area contributed by atoms with Gasteiger partial charge in [0.05, 0.1) is 5.92 Å². The van der Waals surface area contributed by atoms with Gasteiger partial charge in [0.25, 0.3) is 0 Å². The molecule has 1 aromatic rings. The van der Waals surface area contributed by atoms with E-state index >= 15 is 0 Å². The maximum atomic E-state index is 11.7. The number of amides is 7. The van der Waals surface area contributed by atoms with Gasteiger partial charge in [-0.05, 0) is 36.5 Å². The van der Waals surface area contributed by atoms with Crippen LogP contribution in [0.1, 0.15) is 72.3 Å². The highest BCUT2D eigenvalue weighted by Crippen LogP contribution is 2.13. The third-order valence-electron chi connectivity index (χ3n) is 5.06. The molecule has 1 aromatic carbocycles. The van der Waals surface area contributed by atoms with Gasteiger partial charge in [0, 0.05) is 31.5 Å². The highest BCUT2D eigenvalue weighted by molar-refractivity contribution is 6.04. The Labute approximate surface area is 247 Å². The monoisotopic (exact) mass is 594 g/mol. The van der Waals surface area contributed by atoms with Crippen LogP contribution in [0.4, 0.5) is 10.5 Å². The number of hydrogen-bond acceptors (Lipinski definition) is 8. The molecule has 42 heavy (non-hydrogen) atoms. The number of esters is 1. The average Bonchev–Trinajstić information content (AvgIpc) is 3.23. The van der Waals surface area contributed by atoms with Gasteiger partial charge in [-0.25, -0.2) is 4.79 Å². The molecular weight excluding hydrogens is 548 g/mol. The van der Waals surface area contributed by atoms with Gasteiger partial charge >= 0.3 is 12.0 Å². The van der Waals surface area contributed by atoms with Gasteiger partial charge in [-0.2, -0.15) is 0 Å². The Kier molecular flexibility index (Phi) is 21.9. The molecule has 0 spiro atoms. The molecular formula is C28H46N6O8. The SMILES string of the molecule is CC(C)CCC(=O)Nc1ccc(COC(=O)C(C)C)cc1.CCCNC(N)=O.NC(=O)CN1C(=O)CCC1=O.NC=O. The molecule has 0 saturated carbocycles. The van der Waals surface area contributed by atoms with Crippen LogP contribution in [0.15, 0.2) is 24.3 Å². The Morgan fingerprint density at radius 3 is 1.90 bits per heavy atom. The standard InChI is InChI=1S/C17H25NO3.C6H8N2O3.C4H10N2O.CH3NO/c1-12(2)5-10-16(19)18-15-8-6-14(7-9-15)11-21-17(20)13(3)4;7-4(9)3-8-5(10)1-2-6(8)11;1-2-3-6-4(5)7;2-1-3/h6-9,12-13H,5,10-11H2,1-4H3,(H,18,19);1-3H2,(H2,7,9);2-3H2,1H3,(H3,5,6,7);1H,(H2,2,3). The first kappa shape index (κ1) is 39.7. The van der Waals surface area contributed by atoms with Crippen LogP contribution in [0.25, 0.3) is 0 Å². The second kappa shape index (κ2) is 23.2. The molecule has 14 nitrogen and oxygen atoms in total. The minimum atomic E-state index is -0.659. The van der Waals surface area contributed by atoms with Crippen LogP contribution < -0.4 is 27.8 Å². The fraction of sp³-hybridized carbons (Fsp3) is 0.536. The van der Waals surface area contributed by atoms with Crippen LogP contribution in [-0.4, -0.2) is 60.0 Å². The number of likely N-dealkylation sites (tertiary alicyclic amines) is 1. The second-order valence-corrected chi connectivity index (χ2v) is 9.71. The van der Waals surface area contributed by atoms with E-state index in [2.05, 4.69) is 30.2 Å². The second-order valence-electron chi connectivity index (χ2n) is 9.71. The maximum Gasteiger partial charge on any atom is 0.312 e. The number of rotatable bonds is 11. The van der Waals surface area contributed by atoms with Gasteiger partial charge in [0.2, 0.25) is 30.0 Å². The molecule has 1 aliphatic rings. The molecule has 8 N–H and O–H groups in total. The Hall–Kier alpha value is -4.49. The summed E-state index contributed by atoms with van der Waals surface area (Å²) in [6.45, 7) is 10.4. The molecule has 1 fully saturated rings.